The molecule has 32 heavy (non-hydrogen) atoms. The van der Waals surface area contributed by atoms with Crippen LogP contribution in [0.25, 0.3) is 0 Å². The van der Waals surface area contributed by atoms with Crippen LogP contribution in [-0.2, 0) is 19.1 Å². The van der Waals surface area contributed by atoms with Gasteiger partial charge in [0.05, 0.1) is 13.2 Å². The molecule has 182 valence electrons. The van der Waals surface area contributed by atoms with Gasteiger partial charge in [-0.25, -0.2) is 0 Å². The van der Waals surface area contributed by atoms with Crippen molar-refractivity contribution in [2.75, 3.05) is 7.11 Å². The highest BCUT2D eigenvalue weighted by Crippen LogP contribution is 2.68. The molecule has 4 unspecified atom stereocenters. The molecule has 10 atom stereocenters. The molecule has 0 spiro atoms. The van der Waals surface area contributed by atoms with E-state index < -0.39 is 0 Å². The first-order chi connectivity index (χ1) is 15.1. The summed E-state index contributed by atoms with van der Waals surface area (Å²) in [6, 6.07) is 0. The zero-order valence-electron chi connectivity index (χ0n) is 20.8. The minimum Gasteiger partial charge on any atom is -0.469 e. The minimum atomic E-state index is -0.247. The number of methoxy groups -OCH3 is 1. The van der Waals surface area contributed by atoms with Crippen LogP contribution >= 0.6 is 0 Å². The number of carbonyl (C=O) groups excluding carboxylic acids is 2. The third kappa shape index (κ3) is 4.01. The summed E-state index contributed by atoms with van der Waals surface area (Å²) in [6.07, 6.45) is 9.85. The Hall–Kier alpha value is -1.10. The maximum Gasteiger partial charge on any atom is 0.305 e. The molecular weight excluding hydrogens is 404 g/mol. The summed E-state index contributed by atoms with van der Waals surface area (Å²) in [5.74, 6) is 2.81. The molecule has 0 aromatic rings. The summed E-state index contributed by atoms with van der Waals surface area (Å²) < 4.78 is 10.4. The Bertz CT molecular complexity index is 721. The molecule has 1 N–H and O–H groups in total. The second-order valence-electron chi connectivity index (χ2n) is 12.1. The van der Waals surface area contributed by atoms with Crippen LogP contribution in [0.15, 0.2) is 0 Å². The van der Waals surface area contributed by atoms with E-state index in [-0.39, 0.29) is 35.0 Å². The minimum absolute atomic E-state index is 0.0229. The average Bonchev–Trinajstić information content (AvgIpc) is 3.09. The Kier molecular flexibility index (Phi) is 6.70. The number of hydrogen-bond acceptors (Lipinski definition) is 5. The molecule has 5 heteroatoms. The van der Waals surface area contributed by atoms with Crippen molar-refractivity contribution in [3.63, 3.8) is 0 Å². The zero-order valence-corrected chi connectivity index (χ0v) is 20.8. The van der Waals surface area contributed by atoms with E-state index in [1.54, 1.807) is 0 Å². The summed E-state index contributed by atoms with van der Waals surface area (Å²) in [5, 5.41) is 11.5. The first-order valence-corrected chi connectivity index (χ1v) is 13.0. The molecule has 0 aromatic heterocycles. The monoisotopic (exact) mass is 448 g/mol. The largest absolute Gasteiger partial charge is 0.469 e. The van der Waals surface area contributed by atoms with Crippen molar-refractivity contribution in [2.45, 2.75) is 104 Å². The maximum absolute atomic E-state index is 11.7. The number of hydrogen-bond donors (Lipinski definition) is 1. The van der Waals surface area contributed by atoms with Crippen molar-refractivity contribution in [2.24, 2.45) is 46.3 Å². The average molecular weight is 449 g/mol. The highest BCUT2D eigenvalue weighted by Gasteiger charge is 2.63. The number of ether oxygens (including phenoxy) is 2. The molecule has 0 radical (unpaired) electrons. The van der Waals surface area contributed by atoms with Crippen LogP contribution in [0.2, 0.25) is 0 Å². The topological polar surface area (TPSA) is 72.8 Å². The number of carbonyl (C=O) groups is 2. The quantitative estimate of drug-likeness (QED) is 0.590. The summed E-state index contributed by atoms with van der Waals surface area (Å²) in [4.78, 5) is 23.2. The molecule has 4 saturated carbocycles. The van der Waals surface area contributed by atoms with Gasteiger partial charge >= 0.3 is 11.9 Å². The first kappa shape index (κ1) is 24.0. The van der Waals surface area contributed by atoms with Crippen LogP contribution in [-0.4, -0.2) is 36.4 Å². The lowest BCUT2D eigenvalue weighted by Gasteiger charge is -2.62. The van der Waals surface area contributed by atoms with E-state index in [0.717, 1.165) is 32.1 Å². The number of fused-ring (bicyclic) bond motifs is 5. The first-order valence-electron chi connectivity index (χ1n) is 13.0. The van der Waals surface area contributed by atoms with Gasteiger partial charge in [0.25, 0.3) is 0 Å². The lowest BCUT2D eigenvalue weighted by molar-refractivity contribution is -0.182. The third-order valence-corrected chi connectivity index (χ3v) is 10.8. The molecule has 4 aliphatic rings. The number of rotatable bonds is 5. The number of aliphatic hydroxyl groups excluding tert-OH is 1. The van der Waals surface area contributed by atoms with Crippen LogP contribution in [0, 0.1) is 46.3 Å². The molecule has 4 aliphatic carbocycles. The Labute approximate surface area is 194 Å². The fourth-order valence-electron chi connectivity index (χ4n) is 9.15. The van der Waals surface area contributed by atoms with Crippen LogP contribution in [0.5, 0.6) is 0 Å². The molecule has 0 amide bonds. The fourth-order valence-corrected chi connectivity index (χ4v) is 9.15. The van der Waals surface area contributed by atoms with Crippen LogP contribution < -0.4 is 0 Å². The second-order valence-corrected chi connectivity index (χ2v) is 12.1. The summed E-state index contributed by atoms with van der Waals surface area (Å²) in [7, 11) is 1.47. The van der Waals surface area contributed by atoms with Crippen molar-refractivity contribution in [1.82, 2.24) is 0 Å². The van der Waals surface area contributed by atoms with Gasteiger partial charge in [-0.1, -0.05) is 20.8 Å². The van der Waals surface area contributed by atoms with Gasteiger partial charge in [0.2, 0.25) is 0 Å². The van der Waals surface area contributed by atoms with Gasteiger partial charge in [-0.15, -0.1) is 0 Å². The van der Waals surface area contributed by atoms with Crippen LogP contribution in [0.4, 0.5) is 0 Å². The van der Waals surface area contributed by atoms with Crippen molar-refractivity contribution < 1.29 is 24.2 Å². The van der Waals surface area contributed by atoms with Gasteiger partial charge in [0.1, 0.15) is 6.10 Å². The zero-order chi connectivity index (χ0) is 23.3. The number of aliphatic hydroxyl groups is 1. The SMILES string of the molecule is COC(=O)CC[C@@H](C)C1CCC2C3C(CC[C@@]21C)[C@@]1(C)CC[C@@H](OC(C)=O)C[C@H]1C[C@H]3O. The van der Waals surface area contributed by atoms with Gasteiger partial charge in [0.15, 0.2) is 0 Å². The van der Waals surface area contributed by atoms with E-state index in [1.807, 2.05) is 0 Å². The summed E-state index contributed by atoms with van der Waals surface area (Å²) >= 11 is 0. The molecule has 0 aromatic carbocycles. The Morgan fingerprint density at radius 3 is 2.41 bits per heavy atom. The van der Waals surface area contributed by atoms with E-state index in [4.69, 9.17) is 9.47 Å². The van der Waals surface area contributed by atoms with E-state index in [2.05, 4.69) is 20.8 Å². The van der Waals surface area contributed by atoms with Gasteiger partial charge < -0.3 is 14.6 Å². The summed E-state index contributed by atoms with van der Waals surface area (Å²) in [6.45, 7) is 8.78. The predicted molar refractivity (Wildman–Crippen MR) is 123 cm³/mol. The van der Waals surface area contributed by atoms with Crippen molar-refractivity contribution >= 4 is 11.9 Å². The molecule has 0 heterocycles. The van der Waals surface area contributed by atoms with Crippen LogP contribution in [0.3, 0.4) is 0 Å². The highest BCUT2D eigenvalue weighted by molar-refractivity contribution is 5.69. The normalized spacial score (nSPS) is 46.4. The summed E-state index contributed by atoms with van der Waals surface area (Å²) in [5.41, 5.74) is 0.506. The van der Waals surface area contributed by atoms with Crippen molar-refractivity contribution in [3.8, 4) is 0 Å². The lowest BCUT2D eigenvalue weighted by atomic mass is 9.43. The molecule has 4 rings (SSSR count). The molecule has 4 fully saturated rings. The van der Waals surface area contributed by atoms with Gasteiger partial charge in [-0.3, -0.25) is 9.59 Å². The second kappa shape index (κ2) is 8.92. The predicted octanol–water partition coefficient (Wildman–Crippen LogP) is 5.14. The fraction of sp³-hybridized carbons (Fsp3) is 0.926. The van der Waals surface area contributed by atoms with Gasteiger partial charge in [-0.05, 0) is 104 Å². The van der Waals surface area contributed by atoms with E-state index in [0.29, 0.717) is 41.9 Å². The molecular formula is C27H44O5. The molecule has 0 bridgehead atoms. The van der Waals surface area contributed by atoms with E-state index in [1.165, 1.54) is 39.7 Å². The highest BCUT2D eigenvalue weighted by atomic mass is 16.5. The van der Waals surface area contributed by atoms with Crippen LogP contribution in [0.1, 0.15) is 91.9 Å². The Morgan fingerprint density at radius 2 is 1.72 bits per heavy atom. The Balaban J connectivity index is 1.49. The van der Waals surface area contributed by atoms with Crippen molar-refractivity contribution in [3.05, 3.63) is 0 Å². The smallest absolute Gasteiger partial charge is 0.305 e. The van der Waals surface area contributed by atoms with E-state index in [9.17, 15) is 14.7 Å². The standard InChI is InChI=1S/C27H44O5/c1-16(6-9-24(30)31-5)20-7-8-21-25-22(11-13-27(20,21)4)26(3)12-10-19(32-17(2)28)14-18(26)15-23(25)29/h16,18-23,25,29H,6-15H2,1-5H3/t16-,18+,19-,20?,21?,22?,23-,25?,26+,27-/m1/s1. The molecule has 0 saturated heterocycles. The Morgan fingerprint density at radius 1 is 1.03 bits per heavy atom. The van der Waals surface area contributed by atoms with Gasteiger partial charge in [0, 0.05) is 13.3 Å². The lowest BCUT2D eigenvalue weighted by Crippen LogP contribution is -2.58. The maximum atomic E-state index is 11.7. The third-order valence-electron chi connectivity index (χ3n) is 10.8. The van der Waals surface area contributed by atoms with E-state index >= 15 is 0 Å². The molecule has 5 nitrogen and oxygen atoms in total. The van der Waals surface area contributed by atoms with Gasteiger partial charge in [-0.2, -0.15) is 0 Å². The molecule has 0 aliphatic heterocycles. The van der Waals surface area contributed by atoms with Crippen molar-refractivity contribution in [1.29, 1.82) is 0 Å². The number of esters is 2.